The summed E-state index contributed by atoms with van der Waals surface area (Å²) in [5.41, 5.74) is 0. The van der Waals surface area contributed by atoms with Crippen LogP contribution in [0.25, 0.3) is 0 Å². The zero-order chi connectivity index (χ0) is 11.7. The van der Waals surface area contributed by atoms with E-state index in [4.69, 9.17) is 0 Å². The van der Waals surface area contributed by atoms with Gasteiger partial charge in [-0.25, -0.2) is 4.98 Å². The Labute approximate surface area is 107 Å². The van der Waals surface area contributed by atoms with E-state index in [1.807, 2.05) is 6.20 Å². The standard InChI is InChI=1S/C13H21N3S/c1-2-11(13-14-5-6-17-13)15-8-9-7-10-3-4-12(9)16-10/h5-6,9-12,15-16H,2-4,7-8H2,1H3. The van der Waals surface area contributed by atoms with Gasteiger partial charge in [0.05, 0.1) is 6.04 Å². The lowest BCUT2D eigenvalue weighted by molar-refractivity contribution is 0.359. The first-order valence-corrected chi connectivity index (χ1v) is 7.63. The molecule has 2 bridgehead atoms. The maximum absolute atomic E-state index is 4.42. The van der Waals surface area contributed by atoms with Gasteiger partial charge in [0.1, 0.15) is 5.01 Å². The van der Waals surface area contributed by atoms with Crippen LogP contribution in [0.15, 0.2) is 11.6 Å². The average molecular weight is 251 g/mol. The second kappa shape index (κ2) is 5.04. The third-order valence-corrected chi connectivity index (χ3v) is 5.11. The van der Waals surface area contributed by atoms with Gasteiger partial charge in [-0.05, 0) is 31.6 Å². The number of thiazole rings is 1. The van der Waals surface area contributed by atoms with Crippen LogP contribution < -0.4 is 10.6 Å². The lowest BCUT2D eigenvalue weighted by atomic mass is 9.89. The molecular weight excluding hydrogens is 230 g/mol. The molecule has 17 heavy (non-hydrogen) atoms. The Hall–Kier alpha value is -0.450. The quantitative estimate of drug-likeness (QED) is 0.843. The maximum Gasteiger partial charge on any atom is 0.109 e. The minimum Gasteiger partial charge on any atom is -0.311 e. The summed E-state index contributed by atoms with van der Waals surface area (Å²) >= 11 is 1.76. The number of nitrogens with zero attached hydrogens (tertiary/aromatic N) is 1. The number of nitrogens with one attached hydrogen (secondary N) is 2. The van der Waals surface area contributed by atoms with E-state index in [0.717, 1.165) is 31.0 Å². The van der Waals surface area contributed by atoms with Crippen molar-refractivity contribution in [2.24, 2.45) is 5.92 Å². The Morgan fingerprint density at radius 3 is 3.12 bits per heavy atom. The van der Waals surface area contributed by atoms with E-state index < -0.39 is 0 Å². The number of rotatable bonds is 5. The molecule has 0 amide bonds. The molecule has 2 aliphatic heterocycles. The molecule has 4 heteroatoms. The lowest BCUT2D eigenvalue weighted by Gasteiger charge is -2.23. The minimum absolute atomic E-state index is 0.453. The molecule has 2 saturated heterocycles. The third-order valence-electron chi connectivity index (χ3n) is 4.22. The first-order valence-electron chi connectivity index (χ1n) is 6.75. The topological polar surface area (TPSA) is 37.0 Å². The molecule has 94 valence electrons. The van der Waals surface area contributed by atoms with Crippen LogP contribution in [0.5, 0.6) is 0 Å². The Morgan fingerprint density at radius 2 is 2.53 bits per heavy atom. The van der Waals surface area contributed by atoms with Crippen molar-refractivity contribution in [1.82, 2.24) is 15.6 Å². The van der Waals surface area contributed by atoms with Crippen LogP contribution in [-0.4, -0.2) is 23.6 Å². The molecule has 4 unspecified atom stereocenters. The fraction of sp³-hybridized carbons (Fsp3) is 0.769. The summed E-state index contributed by atoms with van der Waals surface area (Å²) in [4.78, 5) is 4.42. The van der Waals surface area contributed by atoms with E-state index >= 15 is 0 Å². The average Bonchev–Trinajstić information content (AvgIpc) is 3.06. The molecule has 0 saturated carbocycles. The molecule has 0 aliphatic carbocycles. The SMILES string of the molecule is CCC(NCC1CC2CCC1N2)c1nccs1. The van der Waals surface area contributed by atoms with Crippen molar-refractivity contribution >= 4 is 11.3 Å². The first kappa shape index (κ1) is 11.6. The van der Waals surface area contributed by atoms with Gasteiger partial charge in [-0.1, -0.05) is 6.92 Å². The van der Waals surface area contributed by atoms with Crippen molar-refractivity contribution in [2.45, 2.75) is 50.7 Å². The summed E-state index contributed by atoms with van der Waals surface area (Å²) in [6.45, 7) is 3.38. The van der Waals surface area contributed by atoms with Crippen LogP contribution in [0.1, 0.15) is 43.7 Å². The van der Waals surface area contributed by atoms with Gasteiger partial charge in [-0.15, -0.1) is 11.3 Å². The van der Waals surface area contributed by atoms with Gasteiger partial charge in [-0.3, -0.25) is 0 Å². The molecule has 1 aromatic rings. The van der Waals surface area contributed by atoms with Gasteiger partial charge in [0.2, 0.25) is 0 Å². The summed E-state index contributed by atoms with van der Waals surface area (Å²) in [6.07, 6.45) is 7.17. The number of fused-ring (bicyclic) bond motifs is 2. The van der Waals surface area contributed by atoms with E-state index in [9.17, 15) is 0 Å². The highest BCUT2D eigenvalue weighted by Crippen LogP contribution is 2.33. The summed E-state index contributed by atoms with van der Waals surface area (Å²) in [7, 11) is 0. The molecule has 0 aromatic carbocycles. The molecule has 4 atom stereocenters. The molecule has 2 fully saturated rings. The van der Waals surface area contributed by atoms with Gasteiger partial charge in [0.15, 0.2) is 0 Å². The van der Waals surface area contributed by atoms with Crippen molar-refractivity contribution in [3.63, 3.8) is 0 Å². The highest BCUT2D eigenvalue weighted by molar-refractivity contribution is 7.09. The summed E-state index contributed by atoms with van der Waals surface area (Å²) in [5, 5.41) is 10.7. The Kier molecular flexibility index (Phi) is 3.45. The highest BCUT2D eigenvalue weighted by atomic mass is 32.1. The third kappa shape index (κ3) is 2.39. The van der Waals surface area contributed by atoms with Crippen LogP contribution in [0.3, 0.4) is 0 Å². The van der Waals surface area contributed by atoms with Crippen molar-refractivity contribution in [2.75, 3.05) is 6.54 Å². The number of hydrogen-bond acceptors (Lipinski definition) is 4. The monoisotopic (exact) mass is 251 g/mol. The first-order chi connectivity index (χ1) is 8.36. The van der Waals surface area contributed by atoms with E-state index in [1.165, 1.54) is 24.3 Å². The van der Waals surface area contributed by atoms with Crippen LogP contribution >= 0.6 is 11.3 Å². The van der Waals surface area contributed by atoms with Gasteiger partial charge in [-0.2, -0.15) is 0 Å². The Balaban J connectivity index is 1.53. The highest BCUT2D eigenvalue weighted by Gasteiger charge is 2.38. The van der Waals surface area contributed by atoms with Crippen molar-refractivity contribution < 1.29 is 0 Å². The molecule has 3 nitrogen and oxygen atoms in total. The molecule has 1 aromatic heterocycles. The van der Waals surface area contributed by atoms with Gasteiger partial charge < -0.3 is 10.6 Å². The zero-order valence-electron chi connectivity index (χ0n) is 10.4. The minimum atomic E-state index is 0.453. The fourth-order valence-electron chi connectivity index (χ4n) is 3.27. The van der Waals surface area contributed by atoms with Crippen LogP contribution in [-0.2, 0) is 0 Å². The summed E-state index contributed by atoms with van der Waals surface area (Å²) in [6, 6.07) is 2.04. The van der Waals surface area contributed by atoms with Gasteiger partial charge in [0, 0.05) is 30.2 Å². The molecule has 2 aliphatic rings. The fourth-order valence-corrected chi connectivity index (χ4v) is 4.07. The number of hydrogen-bond donors (Lipinski definition) is 2. The van der Waals surface area contributed by atoms with Crippen molar-refractivity contribution in [1.29, 1.82) is 0 Å². The van der Waals surface area contributed by atoms with Crippen LogP contribution in [0.2, 0.25) is 0 Å². The maximum atomic E-state index is 4.42. The Morgan fingerprint density at radius 1 is 1.59 bits per heavy atom. The van der Waals surface area contributed by atoms with Crippen molar-refractivity contribution in [3.8, 4) is 0 Å². The van der Waals surface area contributed by atoms with E-state index in [1.54, 1.807) is 11.3 Å². The Bertz CT molecular complexity index is 352. The predicted octanol–water partition coefficient (Wildman–Crippen LogP) is 2.32. The smallest absolute Gasteiger partial charge is 0.109 e. The van der Waals surface area contributed by atoms with E-state index in [0.29, 0.717) is 6.04 Å². The van der Waals surface area contributed by atoms with E-state index in [2.05, 4.69) is 27.9 Å². The predicted molar refractivity (Wildman–Crippen MR) is 71.2 cm³/mol. The molecule has 3 heterocycles. The van der Waals surface area contributed by atoms with E-state index in [-0.39, 0.29) is 0 Å². The normalized spacial score (nSPS) is 33.1. The largest absolute Gasteiger partial charge is 0.311 e. The summed E-state index contributed by atoms with van der Waals surface area (Å²) in [5.74, 6) is 0.836. The molecule has 0 spiro atoms. The second-order valence-corrected chi connectivity index (χ2v) is 6.21. The summed E-state index contributed by atoms with van der Waals surface area (Å²) < 4.78 is 0. The van der Waals surface area contributed by atoms with Crippen molar-refractivity contribution in [3.05, 3.63) is 16.6 Å². The van der Waals surface area contributed by atoms with Crippen LogP contribution in [0, 0.1) is 5.92 Å². The molecule has 0 radical (unpaired) electrons. The van der Waals surface area contributed by atoms with Crippen LogP contribution in [0.4, 0.5) is 0 Å². The zero-order valence-corrected chi connectivity index (χ0v) is 11.2. The molecule has 3 rings (SSSR count). The van der Waals surface area contributed by atoms with Gasteiger partial charge in [0.25, 0.3) is 0 Å². The molecule has 2 N–H and O–H groups in total. The second-order valence-electron chi connectivity index (χ2n) is 5.28. The number of aromatic nitrogens is 1. The van der Waals surface area contributed by atoms with Gasteiger partial charge >= 0.3 is 0 Å². The lowest BCUT2D eigenvalue weighted by Crippen LogP contribution is -2.33. The molecular formula is C13H21N3S.